The molecule has 0 bridgehead atoms. The van der Waals surface area contributed by atoms with Gasteiger partial charge in [-0.15, -0.1) is 0 Å². The van der Waals surface area contributed by atoms with Gasteiger partial charge in [0.1, 0.15) is 12.4 Å². The zero-order valence-electron chi connectivity index (χ0n) is 19.2. The van der Waals surface area contributed by atoms with Crippen molar-refractivity contribution in [3.05, 3.63) is 89.2 Å². The molecule has 3 aromatic rings. The van der Waals surface area contributed by atoms with Gasteiger partial charge in [-0.1, -0.05) is 42.5 Å². The van der Waals surface area contributed by atoms with Crippen LogP contribution in [0.2, 0.25) is 0 Å². The molecule has 34 heavy (non-hydrogen) atoms. The van der Waals surface area contributed by atoms with E-state index in [0.29, 0.717) is 17.8 Å². The molecule has 6 nitrogen and oxygen atoms in total. The molecule has 1 atom stereocenters. The van der Waals surface area contributed by atoms with Gasteiger partial charge in [0.2, 0.25) is 0 Å². The molecule has 1 fully saturated rings. The predicted molar refractivity (Wildman–Crippen MR) is 132 cm³/mol. The molecule has 0 amide bonds. The lowest BCUT2D eigenvalue weighted by molar-refractivity contribution is 0.0997. The summed E-state index contributed by atoms with van der Waals surface area (Å²) in [6.45, 7) is 2.44. The number of fused-ring (bicyclic) bond motifs is 1. The van der Waals surface area contributed by atoms with E-state index >= 15 is 0 Å². The Morgan fingerprint density at radius 1 is 1.03 bits per heavy atom. The van der Waals surface area contributed by atoms with Crippen LogP contribution in [0, 0.1) is 0 Å². The number of aromatic nitrogens is 1. The zero-order chi connectivity index (χ0) is 23.2. The summed E-state index contributed by atoms with van der Waals surface area (Å²) >= 11 is 0. The molecular weight excluding hydrogens is 426 g/mol. The van der Waals surface area contributed by atoms with Crippen LogP contribution in [0.25, 0.3) is 0 Å². The highest BCUT2D eigenvalue weighted by atomic mass is 16.5. The fourth-order valence-corrected chi connectivity index (χ4v) is 4.40. The van der Waals surface area contributed by atoms with Gasteiger partial charge in [-0.25, -0.2) is 0 Å². The minimum absolute atomic E-state index is 0.0598. The largest absolute Gasteiger partial charge is 0.488 e. The van der Waals surface area contributed by atoms with Crippen molar-refractivity contribution < 1.29 is 14.3 Å². The van der Waals surface area contributed by atoms with Gasteiger partial charge in [0.15, 0.2) is 5.78 Å². The van der Waals surface area contributed by atoms with Gasteiger partial charge in [-0.2, -0.15) is 0 Å². The number of carbonyl (C=O) groups excluding carboxylic acids is 1. The molecule has 0 radical (unpaired) electrons. The summed E-state index contributed by atoms with van der Waals surface area (Å²) in [5.41, 5.74) is 5.31. The van der Waals surface area contributed by atoms with Crippen LogP contribution in [0.1, 0.15) is 46.4 Å². The van der Waals surface area contributed by atoms with E-state index in [1.54, 1.807) is 12.3 Å². The number of pyridine rings is 1. The summed E-state index contributed by atoms with van der Waals surface area (Å²) < 4.78 is 11.6. The fourth-order valence-electron chi connectivity index (χ4n) is 4.40. The van der Waals surface area contributed by atoms with Crippen LogP contribution in [0.15, 0.2) is 71.9 Å². The van der Waals surface area contributed by atoms with Gasteiger partial charge < -0.3 is 14.8 Å². The highest BCUT2D eigenvalue weighted by molar-refractivity contribution is 6.16. The van der Waals surface area contributed by atoms with Crippen molar-refractivity contribution in [2.45, 2.75) is 38.3 Å². The lowest BCUT2D eigenvalue weighted by atomic mass is 10.00. The molecule has 0 aliphatic carbocycles. The Bertz CT molecular complexity index is 1150. The van der Waals surface area contributed by atoms with Crippen LogP contribution in [0.4, 0.5) is 5.69 Å². The lowest BCUT2D eigenvalue weighted by Crippen LogP contribution is -2.27. The van der Waals surface area contributed by atoms with Gasteiger partial charge in [0.05, 0.1) is 29.6 Å². The van der Waals surface area contributed by atoms with Crippen molar-refractivity contribution in [3.8, 4) is 5.75 Å². The highest BCUT2D eigenvalue weighted by Gasteiger charge is 2.23. The first kappa shape index (κ1) is 22.4. The van der Waals surface area contributed by atoms with Crippen LogP contribution in [-0.2, 0) is 17.7 Å². The number of nitrogens with one attached hydrogen (secondary N) is 1. The maximum Gasteiger partial charge on any atom is 0.170 e. The van der Waals surface area contributed by atoms with Crippen molar-refractivity contribution in [2.24, 2.45) is 4.99 Å². The van der Waals surface area contributed by atoms with E-state index in [0.717, 1.165) is 49.6 Å². The number of nitrogens with zero attached hydrogens (tertiary/aromatic N) is 2. The van der Waals surface area contributed by atoms with E-state index in [1.807, 2.05) is 18.2 Å². The standard InChI is InChI=1S/C28H29N3O3/c32-27-16-22(19-34-23-10-8-21(9-11-23)15-20-5-2-1-3-6-20)31-28-25(27)12-13-30-26(28)18-29-17-24-7-4-14-33-24/h1-3,5-6,8-13,24,29H,4,7,14-19H2/t24-/m1/s1. The van der Waals surface area contributed by atoms with Gasteiger partial charge in [-0.05, 0) is 48.6 Å². The Hall–Kier alpha value is -3.35. The average Bonchev–Trinajstić information content (AvgIpc) is 3.38. The molecule has 5 rings (SSSR count). The first-order valence-corrected chi connectivity index (χ1v) is 11.9. The predicted octanol–water partition coefficient (Wildman–Crippen LogP) is 4.68. The van der Waals surface area contributed by atoms with Crippen LogP contribution in [0.3, 0.4) is 0 Å². The number of carbonyl (C=O) groups is 1. The molecule has 2 aromatic carbocycles. The summed E-state index contributed by atoms with van der Waals surface area (Å²) in [6.07, 6.45) is 5.30. The van der Waals surface area contributed by atoms with E-state index in [1.165, 1.54) is 11.1 Å². The van der Waals surface area contributed by atoms with Crippen LogP contribution in [-0.4, -0.2) is 42.3 Å². The van der Waals surface area contributed by atoms with E-state index in [2.05, 4.69) is 46.7 Å². The minimum Gasteiger partial charge on any atom is -0.488 e. The third-order valence-electron chi connectivity index (χ3n) is 6.20. The molecule has 3 heterocycles. The molecule has 0 saturated carbocycles. The Balaban J connectivity index is 1.21. The zero-order valence-corrected chi connectivity index (χ0v) is 19.2. The first-order valence-electron chi connectivity index (χ1n) is 11.9. The monoisotopic (exact) mass is 455 g/mol. The van der Waals surface area contributed by atoms with Crippen LogP contribution < -0.4 is 10.1 Å². The van der Waals surface area contributed by atoms with Gasteiger partial charge in [-0.3, -0.25) is 14.8 Å². The summed E-state index contributed by atoms with van der Waals surface area (Å²) in [5.74, 6) is 0.826. The number of aliphatic imine (C=N–C) groups is 1. The molecule has 0 unspecified atom stereocenters. The third-order valence-corrected chi connectivity index (χ3v) is 6.20. The molecule has 1 saturated heterocycles. The molecule has 6 heteroatoms. The Kier molecular flexibility index (Phi) is 7.08. The second-order valence-corrected chi connectivity index (χ2v) is 8.79. The van der Waals surface area contributed by atoms with E-state index in [9.17, 15) is 4.79 Å². The maximum absolute atomic E-state index is 12.8. The van der Waals surface area contributed by atoms with Crippen molar-refractivity contribution in [3.63, 3.8) is 0 Å². The lowest BCUT2D eigenvalue weighted by Gasteiger charge is -2.18. The normalized spacial score (nSPS) is 17.4. The number of hydrogen-bond donors (Lipinski definition) is 1. The molecule has 2 aliphatic rings. The maximum atomic E-state index is 12.8. The third kappa shape index (κ3) is 5.58. The number of hydrogen-bond acceptors (Lipinski definition) is 6. The second kappa shape index (κ2) is 10.7. The van der Waals surface area contributed by atoms with E-state index < -0.39 is 0 Å². The molecule has 2 aliphatic heterocycles. The molecule has 1 aromatic heterocycles. The quantitative estimate of drug-likeness (QED) is 0.507. The minimum atomic E-state index is 0.0598. The molecular formula is C28H29N3O3. The smallest absolute Gasteiger partial charge is 0.170 e. The summed E-state index contributed by atoms with van der Waals surface area (Å²) in [5, 5.41) is 3.40. The van der Waals surface area contributed by atoms with Crippen LogP contribution >= 0.6 is 0 Å². The Labute approximate surface area is 200 Å². The summed E-state index contributed by atoms with van der Waals surface area (Å²) in [7, 11) is 0. The summed E-state index contributed by atoms with van der Waals surface area (Å²) in [4.78, 5) is 22.0. The van der Waals surface area contributed by atoms with E-state index in [-0.39, 0.29) is 24.9 Å². The number of Topliss-reactive ketones (excluding diaryl/α,β-unsaturated/α-hetero) is 1. The second-order valence-electron chi connectivity index (χ2n) is 8.79. The van der Waals surface area contributed by atoms with E-state index in [4.69, 9.17) is 14.5 Å². The fraction of sp³-hybridized carbons (Fsp3) is 0.321. The summed E-state index contributed by atoms with van der Waals surface area (Å²) in [6, 6.07) is 20.2. The molecule has 1 N–H and O–H groups in total. The van der Waals surface area contributed by atoms with Crippen molar-refractivity contribution in [2.75, 3.05) is 19.8 Å². The number of benzene rings is 2. The Morgan fingerprint density at radius 3 is 2.65 bits per heavy atom. The first-order chi connectivity index (χ1) is 16.7. The van der Waals surface area contributed by atoms with Crippen molar-refractivity contribution >= 4 is 17.2 Å². The highest BCUT2D eigenvalue weighted by Crippen LogP contribution is 2.29. The topological polar surface area (TPSA) is 72.8 Å². The number of ketones is 1. The van der Waals surface area contributed by atoms with Gasteiger partial charge in [0, 0.05) is 31.5 Å². The van der Waals surface area contributed by atoms with Gasteiger partial charge >= 0.3 is 0 Å². The van der Waals surface area contributed by atoms with Crippen LogP contribution in [0.5, 0.6) is 5.75 Å². The Morgan fingerprint density at radius 2 is 1.85 bits per heavy atom. The number of rotatable bonds is 9. The van der Waals surface area contributed by atoms with Crippen molar-refractivity contribution in [1.29, 1.82) is 0 Å². The SMILES string of the molecule is O=C1CC(COc2ccc(Cc3ccccc3)cc2)=Nc2c1ccnc2CNC[C@H]1CCCO1. The molecule has 0 spiro atoms. The number of ether oxygens (including phenoxy) is 2. The van der Waals surface area contributed by atoms with Gasteiger partial charge in [0.25, 0.3) is 0 Å². The van der Waals surface area contributed by atoms with Crippen molar-refractivity contribution in [1.82, 2.24) is 10.3 Å². The molecule has 174 valence electrons. The average molecular weight is 456 g/mol.